The zero-order chi connectivity index (χ0) is 39.5. The van der Waals surface area contributed by atoms with E-state index in [2.05, 4.69) is 44.1 Å². The molecule has 4 heterocycles. The summed E-state index contributed by atoms with van der Waals surface area (Å²) in [5, 5.41) is 12.7. The van der Waals surface area contributed by atoms with Gasteiger partial charge in [0.25, 0.3) is 0 Å². The van der Waals surface area contributed by atoms with Gasteiger partial charge in [-0.05, 0) is 143 Å². The summed E-state index contributed by atoms with van der Waals surface area (Å²) in [6, 6.07) is 11.5. The normalized spacial score (nSPS) is 31.8. The molecule has 2 atom stereocenters. The summed E-state index contributed by atoms with van der Waals surface area (Å²) in [7, 11) is 1.71. The predicted molar refractivity (Wildman–Crippen MR) is 232 cm³/mol. The summed E-state index contributed by atoms with van der Waals surface area (Å²) in [6.07, 6.45) is 20.5. The molecule has 8 aliphatic rings. The highest BCUT2D eigenvalue weighted by Crippen LogP contribution is 2.62. The van der Waals surface area contributed by atoms with Crippen LogP contribution in [0.4, 0.5) is 0 Å². The van der Waals surface area contributed by atoms with Crippen LogP contribution in [0.1, 0.15) is 102 Å². The van der Waals surface area contributed by atoms with Crippen molar-refractivity contribution in [1.82, 2.24) is 39.7 Å². The maximum atomic E-state index is 10.2. The monoisotopic (exact) mass is 828 g/mol. The quantitative estimate of drug-likeness (QED) is 0.105. The number of fused-ring (bicyclic) bond motifs is 2. The van der Waals surface area contributed by atoms with E-state index >= 15 is 0 Å². The summed E-state index contributed by atoms with van der Waals surface area (Å²) in [5.74, 6) is 8.64. The van der Waals surface area contributed by atoms with Gasteiger partial charge in [-0.1, -0.05) is 0 Å². The number of imidazole rings is 2. The molecule has 0 radical (unpaired) electrons. The number of ether oxygens (including phenoxy) is 1. The van der Waals surface area contributed by atoms with Gasteiger partial charge in [0, 0.05) is 64.9 Å². The minimum Gasteiger partial charge on any atom is -0.508 e. The van der Waals surface area contributed by atoms with Gasteiger partial charge in [-0.3, -0.25) is 9.80 Å². The molecular formula is C47H56N8O2S2. The SMILES string of the molecule is COc1ccc2nc(CN(Cc3nc4ccc(O)cc4[nH]3)C34CC5CC(C3)C(Cc3ncc(CN(Cc6cnc(C)s6)C67CC8CC(CC(C8)C6)C7)s3)C(C5)C4)[nH]c2c1. The number of aromatic nitrogens is 6. The molecule has 8 saturated carbocycles. The van der Waals surface area contributed by atoms with Gasteiger partial charge in [0.2, 0.25) is 0 Å². The molecule has 6 aromatic rings. The highest BCUT2D eigenvalue weighted by molar-refractivity contribution is 7.11. The number of hydrogen-bond donors (Lipinski definition) is 3. The van der Waals surface area contributed by atoms with E-state index in [0.717, 1.165) is 89.2 Å². The number of rotatable bonds is 13. The van der Waals surface area contributed by atoms with Crippen LogP contribution in [-0.4, -0.2) is 63.0 Å². The molecule has 0 spiro atoms. The van der Waals surface area contributed by atoms with E-state index in [1.807, 2.05) is 46.9 Å². The Bertz CT molecular complexity index is 2470. The van der Waals surface area contributed by atoms with E-state index in [-0.39, 0.29) is 11.3 Å². The fourth-order valence-electron chi connectivity index (χ4n) is 14.3. The molecule has 0 saturated heterocycles. The molecule has 8 fully saturated rings. The second-order valence-corrected chi connectivity index (χ2v) is 22.5. The molecule has 0 aliphatic heterocycles. The van der Waals surface area contributed by atoms with E-state index in [1.165, 1.54) is 90.4 Å². The number of benzene rings is 2. The Labute approximate surface area is 354 Å². The molecule has 2 aromatic carbocycles. The van der Waals surface area contributed by atoms with Crippen LogP contribution in [0, 0.1) is 48.3 Å². The summed E-state index contributed by atoms with van der Waals surface area (Å²) in [6.45, 7) is 5.64. The molecule has 8 bridgehead atoms. The highest BCUT2D eigenvalue weighted by Gasteiger charge is 2.58. The summed E-state index contributed by atoms with van der Waals surface area (Å²) >= 11 is 3.90. The number of nitrogens with zero attached hydrogens (tertiary/aromatic N) is 6. The molecule has 10 nitrogen and oxygen atoms in total. The molecule has 3 N–H and O–H groups in total. The molecule has 2 unspecified atom stereocenters. The largest absolute Gasteiger partial charge is 0.508 e. The average Bonchev–Trinajstić information content (AvgIpc) is 4.01. The number of hydrogen-bond acceptors (Lipinski definition) is 10. The van der Waals surface area contributed by atoms with Crippen molar-refractivity contribution in [3.05, 3.63) is 80.2 Å². The number of phenolic OH excluding ortho intramolecular Hbond substituents is 1. The van der Waals surface area contributed by atoms with Crippen LogP contribution in [-0.2, 0) is 32.6 Å². The minimum atomic E-state index is 0.0895. The third kappa shape index (κ3) is 6.71. The number of phenols is 1. The van der Waals surface area contributed by atoms with Gasteiger partial charge in [0.1, 0.15) is 23.1 Å². The number of nitrogens with one attached hydrogen (secondary N) is 2. The van der Waals surface area contributed by atoms with Gasteiger partial charge < -0.3 is 19.8 Å². The Morgan fingerprint density at radius 2 is 1.25 bits per heavy atom. The van der Waals surface area contributed by atoms with E-state index in [4.69, 9.17) is 19.7 Å². The van der Waals surface area contributed by atoms with E-state index in [1.54, 1.807) is 19.2 Å². The Kier molecular flexibility index (Phi) is 8.84. The lowest BCUT2D eigenvalue weighted by Crippen LogP contribution is -2.62. The first-order chi connectivity index (χ1) is 28.7. The van der Waals surface area contributed by atoms with Gasteiger partial charge in [-0.25, -0.2) is 19.9 Å². The van der Waals surface area contributed by atoms with E-state index < -0.39 is 0 Å². The number of H-pyrrole nitrogens is 2. The van der Waals surface area contributed by atoms with Crippen molar-refractivity contribution in [2.45, 2.75) is 121 Å². The highest BCUT2D eigenvalue weighted by atomic mass is 32.1. The molecule has 12 heteroatoms. The first kappa shape index (κ1) is 37.0. The summed E-state index contributed by atoms with van der Waals surface area (Å²) in [5.41, 5.74) is 4.18. The van der Waals surface area contributed by atoms with Crippen LogP contribution >= 0.6 is 22.7 Å². The second kappa shape index (κ2) is 14.1. The first-order valence-corrected chi connectivity index (χ1v) is 23.9. The zero-order valence-corrected chi connectivity index (χ0v) is 36.0. The Hall–Kier alpha value is -3.84. The van der Waals surface area contributed by atoms with Crippen molar-refractivity contribution >= 4 is 44.7 Å². The molecule has 4 aromatic heterocycles. The van der Waals surface area contributed by atoms with E-state index in [9.17, 15) is 5.11 Å². The van der Waals surface area contributed by atoms with Gasteiger partial charge >= 0.3 is 0 Å². The topological polar surface area (TPSA) is 119 Å². The lowest BCUT2D eigenvalue weighted by molar-refractivity contribution is -0.127. The summed E-state index contributed by atoms with van der Waals surface area (Å²) in [4.78, 5) is 35.7. The van der Waals surface area contributed by atoms with Gasteiger partial charge in [-0.2, -0.15) is 0 Å². The van der Waals surface area contributed by atoms with Crippen LogP contribution in [0.2, 0.25) is 0 Å². The van der Waals surface area contributed by atoms with Crippen molar-refractivity contribution in [2.75, 3.05) is 7.11 Å². The molecular weight excluding hydrogens is 773 g/mol. The average molecular weight is 829 g/mol. The van der Waals surface area contributed by atoms with Crippen molar-refractivity contribution in [2.24, 2.45) is 41.4 Å². The molecule has 8 aliphatic carbocycles. The van der Waals surface area contributed by atoms with Crippen LogP contribution in [0.5, 0.6) is 11.5 Å². The third-order valence-electron chi connectivity index (χ3n) is 16.1. The van der Waals surface area contributed by atoms with Gasteiger partial charge in [0.05, 0.1) is 52.3 Å². The third-order valence-corrected chi connectivity index (χ3v) is 18.0. The minimum absolute atomic E-state index is 0.0895. The Balaban J connectivity index is 0.798. The number of aromatic hydroxyl groups is 1. The fourth-order valence-corrected chi connectivity index (χ4v) is 16.2. The van der Waals surface area contributed by atoms with Crippen LogP contribution in [0.25, 0.3) is 22.1 Å². The zero-order valence-electron chi connectivity index (χ0n) is 34.3. The van der Waals surface area contributed by atoms with Crippen molar-refractivity contribution < 1.29 is 9.84 Å². The number of thiazole rings is 2. The van der Waals surface area contributed by atoms with Gasteiger partial charge in [-0.15, -0.1) is 22.7 Å². The molecule has 59 heavy (non-hydrogen) atoms. The summed E-state index contributed by atoms with van der Waals surface area (Å²) < 4.78 is 5.53. The predicted octanol–water partition coefficient (Wildman–Crippen LogP) is 9.79. The standard InChI is InChI=1S/C47H56N8O2S2/c1-27-48-21-36(58-27)23-54(46-15-28-7-29(16-46)9-30(8-28)17-46)24-37-22-49-45(59-37)14-38-32-10-31-11-33(38)20-47(18-31,19-32)55(25-43-50-39-5-3-34(56)12-41(39)52-43)26-44-51-40-6-4-35(57-2)13-42(40)53-44/h3-6,12-13,21-22,28-33,38,56H,7-11,14-20,23-26H2,1-2H3,(H,50,52)(H,51,53). The van der Waals surface area contributed by atoms with Crippen molar-refractivity contribution in [3.8, 4) is 11.5 Å². The van der Waals surface area contributed by atoms with Crippen LogP contribution < -0.4 is 4.74 Å². The van der Waals surface area contributed by atoms with Crippen LogP contribution in [0.3, 0.4) is 0 Å². The Morgan fingerprint density at radius 3 is 1.88 bits per heavy atom. The molecule has 0 amide bonds. The van der Waals surface area contributed by atoms with Gasteiger partial charge in [0.15, 0.2) is 0 Å². The lowest BCUT2D eigenvalue weighted by Gasteiger charge is -2.63. The number of methoxy groups -OCH3 is 1. The van der Waals surface area contributed by atoms with Crippen molar-refractivity contribution in [3.63, 3.8) is 0 Å². The van der Waals surface area contributed by atoms with Crippen molar-refractivity contribution in [1.29, 1.82) is 0 Å². The first-order valence-electron chi connectivity index (χ1n) is 22.3. The fraction of sp³-hybridized carbons (Fsp3) is 0.574. The van der Waals surface area contributed by atoms with E-state index in [0.29, 0.717) is 29.8 Å². The smallest absolute Gasteiger partial charge is 0.121 e. The maximum absolute atomic E-state index is 10.2. The maximum Gasteiger partial charge on any atom is 0.121 e. The second-order valence-electron chi connectivity index (χ2n) is 19.9. The lowest BCUT2D eigenvalue weighted by atomic mass is 9.48. The number of aryl methyl sites for hydroxylation is 1. The molecule has 14 rings (SSSR count). The van der Waals surface area contributed by atoms with Crippen LogP contribution in [0.15, 0.2) is 48.8 Å². The Morgan fingerprint density at radius 1 is 0.695 bits per heavy atom. The molecule has 308 valence electrons. The number of aromatic amines is 2.